The molecule has 82 valence electrons. The highest BCUT2D eigenvalue weighted by Crippen LogP contribution is 2.17. The summed E-state index contributed by atoms with van der Waals surface area (Å²) >= 11 is 0. The van der Waals surface area contributed by atoms with Crippen LogP contribution in [0.4, 0.5) is 0 Å². The Hall–Kier alpha value is -0.643. The summed E-state index contributed by atoms with van der Waals surface area (Å²) in [6.07, 6.45) is 0. The van der Waals surface area contributed by atoms with Gasteiger partial charge in [0.2, 0.25) is 9.04 Å². The molecule has 1 aliphatic rings. The predicted molar refractivity (Wildman–Crippen MR) is 64.0 cm³/mol. The number of rotatable bonds is 5. The first-order chi connectivity index (χ1) is 7.40. The SMILES string of the molecule is CCO[SiH](CC1COC1)c1ccccc1. The molecule has 1 saturated heterocycles. The van der Waals surface area contributed by atoms with Crippen LogP contribution in [-0.2, 0) is 9.16 Å². The van der Waals surface area contributed by atoms with Crippen molar-refractivity contribution in [2.75, 3.05) is 19.8 Å². The molecule has 3 heteroatoms. The van der Waals surface area contributed by atoms with Crippen LogP contribution in [0.5, 0.6) is 0 Å². The minimum atomic E-state index is -1.20. The second-order valence-electron chi connectivity index (χ2n) is 3.99. The topological polar surface area (TPSA) is 18.5 Å². The highest BCUT2D eigenvalue weighted by molar-refractivity contribution is 6.67. The molecule has 0 bridgehead atoms. The first kappa shape index (κ1) is 10.9. The zero-order valence-electron chi connectivity index (χ0n) is 9.19. The van der Waals surface area contributed by atoms with E-state index in [9.17, 15) is 0 Å². The second-order valence-corrected chi connectivity index (χ2v) is 6.44. The van der Waals surface area contributed by atoms with Crippen LogP contribution < -0.4 is 5.19 Å². The fraction of sp³-hybridized carbons (Fsp3) is 0.500. The summed E-state index contributed by atoms with van der Waals surface area (Å²) < 4.78 is 11.1. The standard InChI is InChI=1S/C12H18O2Si/c1-2-14-15(10-11-8-13-9-11)12-6-4-3-5-7-12/h3-7,11,15H,2,8-10H2,1H3. The molecule has 0 N–H and O–H groups in total. The summed E-state index contributed by atoms with van der Waals surface area (Å²) in [6.45, 7) is 4.78. The molecular formula is C12H18O2Si. The molecule has 1 aliphatic heterocycles. The molecule has 2 nitrogen and oxygen atoms in total. The smallest absolute Gasteiger partial charge is 0.208 e. The minimum Gasteiger partial charge on any atom is -0.416 e. The van der Waals surface area contributed by atoms with Gasteiger partial charge in [0.1, 0.15) is 0 Å². The Bertz CT molecular complexity index is 285. The summed E-state index contributed by atoms with van der Waals surface area (Å²) in [5.41, 5.74) is 0. The lowest BCUT2D eigenvalue weighted by molar-refractivity contribution is -0.0234. The summed E-state index contributed by atoms with van der Waals surface area (Å²) in [5, 5.41) is 1.42. The minimum absolute atomic E-state index is 0.744. The van der Waals surface area contributed by atoms with Crippen molar-refractivity contribution in [3.63, 3.8) is 0 Å². The molecule has 0 amide bonds. The average molecular weight is 222 g/mol. The third-order valence-electron chi connectivity index (χ3n) is 2.79. The molecule has 0 aromatic heterocycles. The molecule has 0 aliphatic carbocycles. The van der Waals surface area contributed by atoms with Gasteiger partial charge in [-0.3, -0.25) is 0 Å². The lowest BCUT2D eigenvalue weighted by Crippen LogP contribution is -2.40. The highest BCUT2D eigenvalue weighted by Gasteiger charge is 2.25. The Morgan fingerprint density at radius 3 is 2.60 bits per heavy atom. The molecule has 1 aromatic rings. The van der Waals surface area contributed by atoms with E-state index in [2.05, 4.69) is 37.3 Å². The van der Waals surface area contributed by atoms with Crippen LogP contribution in [0.2, 0.25) is 6.04 Å². The van der Waals surface area contributed by atoms with Gasteiger partial charge in [-0.1, -0.05) is 30.3 Å². The van der Waals surface area contributed by atoms with Gasteiger partial charge in [0.15, 0.2) is 0 Å². The van der Waals surface area contributed by atoms with E-state index in [1.807, 2.05) is 0 Å². The summed E-state index contributed by atoms with van der Waals surface area (Å²) in [7, 11) is -1.20. The number of benzene rings is 1. The number of hydrogen-bond donors (Lipinski definition) is 0. The van der Waals surface area contributed by atoms with Gasteiger partial charge in [0.25, 0.3) is 0 Å². The van der Waals surface area contributed by atoms with Crippen LogP contribution in [-0.4, -0.2) is 28.9 Å². The lowest BCUT2D eigenvalue weighted by atomic mass is 10.1. The van der Waals surface area contributed by atoms with E-state index in [4.69, 9.17) is 9.16 Å². The van der Waals surface area contributed by atoms with Crippen molar-refractivity contribution < 1.29 is 9.16 Å². The largest absolute Gasteiger partial charge is 0.416 e. The maximum atomic E-state index is 5.92. The fourth-order valence-electron chi connectivity index (χ4n) is 1.89. The van der Waals surface area contributed by atoms with Gasteiger partial charge >= 0.3 is 0 Å². The molecule has 1 heterocycles. The van der Waals surface area contributed by atoms with E-state index < -0.39 is 9.04 Å². The molecule has 1 aromatic carbocycles. The van der Waals surface area contributed by atoms with Gasteiger partial charge in [0.05, 0.1) is 13.2 Å². The summed E-state index contributed by atoms with van der Waals surface area (Å²) in [4.78, 5) is 0. The maximum absolute atomic E-state index is 5.92. The third-order valence-corrected chi connectivity index (χ3v) is 5.75. The van der Waals surface area contributed by atoms with Crippen LogP contribution >= 0.6 is 0 Å². The first-order valence-corrected chi connectivity index (χ1v) is 7.51. The van der Waals surface area contributed by atoms with Crippen LogP contribution in [0, 0.1) is 5.92 Å². The van der Waals surface area contributed by atoms with Crippen molar-refractivity contribution in [1.29, 1.82) is 0 Å². The van der Waals surface area contributed by atoms with Gasteiger partial charge in [0, 0.05) is 12.5 Å². The van der Waals surface area contributed by atoms with Gasteiger partial charge in [-0.05, 0) is 18.2 Å². The summed E-state index contributed by atoms with van der Waals surface area (Å²) in [6, 6.07) is 11.9. The van der Waals surface area contributed by atoms with Crippen LogP contribution in [0.3, 0.4) is 0 Å². The molecule has 1 atom stereocenters. The van der Waals surface area contributed by atoms with Gasteiger partial charge in [-0.15, -0.1) is 0 Å². The van der Waals surface area contributed by atoms with E-state index in [1.165, 1.54) is 11.2 Å². The van der Waals surface area contributed by atoms with Crippen molar-refractivity contribution in [2.24, 2.45) is 5.92 Å². The zero-order valence-corrected chi connectivity index (χ0v) is 10.3. The molecule has 1 fully saturated rings. The Morgan fingerprint density at radius 1 is 1.33 bits per heavy atom. The molecular weight excluding hydrogens is 204 g/mol. The van der Waals surface area contributed by atoms with E-state index >= 15 is 0 Å². The van der Waals surface area contributed by atoms with Gasteiger partial charge < -0.3 is 9.16 Å². The van der Waals surface area contributed by atoms with E-state index in [0.717, 1.165) is 25.7 Å². The van der Waals surface area contributed by atoms with Gasteiger partial charge in [-0.25, -0.2) is 0 Å². The van der Waals surface area contributed by atoms with Crippen molar-refractivity contribution >= 4 is 14.2 Å². The van der Waals surface area contributed by atoms with Crippen LogP contribution in [0.15, 0.2) is 30.3 Å². The van der Waals surface area contributed by atoms with Crippen molar-refractivity contribution in [2.45, 2.75) is 13.0 Å². The molecule has 2 rings (SSSR count). The second kappa shape index (κ2) is 5.44. The number of hydrogen-bond acceptors (Lipinski definition) is 2. The monoisotopic (exact) mass is 222 g/mol. The zero-order chi connectivity index (χ0) is 10.5. The molecule has 15 heavy (non-hydrogen) atoms. The molecule has 1 unspecified atom stereocenters. The lowest BCUT2D eigenvalue weighted by Gasteiger charge is -2.29. The fourth-order valence-corrected chi connectivity index (χ4v) is 4.42. The van der Waals surface area contributed by atoms with Crippen molar-refractivity contribution in [3.8, 4) is 0 Å². The predicted octanol–water partition coefficient (Wildman–Crippen LogP) is 1.30. The maximum Gasteiger partial charge on any atom is 0.208 e. The first-order valence-electron chi connectivity index (χ1n) is 5.64. The molecule has 0 saturated carbocycles. The third kappa shape index (κ3) is 2.90. The summed E-state index contributed by atoms with van der Waals surface area (Å²) in [5.74, 6) is 0.744. The molecule has 0 spiro atoms. The van der Waals surface area contributed by atoms with E-state index in [1.54, 1.807) is 0 Å². The van der Waals surface area contributed by atoms with Gasteiger partial charge in [-0.2, -0.15) is 0 Å². The molecule has 0 radical (unpaired) electrons. The average Bonchev–Trinajstić information content (AvgIpc) is 2.23. The van der Waals surface area contributed by atoms with E-state index in [0.29, 0.717) is 0 Å². The van der Waals surface area contributed by atoms with E-state index in [-0.39, 0.29) is 0 Å². The normalized spacial score (nSPS) is 18.5. The number of ether oxygens (including phenoxy) is 1. The van der Waals surface area contributed by atoms with Crippen LogP contribution in [0.1, 0.15) is 6.92 Å². The van der Waals surface area contributed by atoms with Crippen LogP contribution in [0.25, 0.3) is 0 Å². The van der Waals surface area contributed by atoms with Crippen molar-refractivity contribution in [1.82, 2.24) is 0 Å². The highest BCUT2D eigenvalue weighted by atomic mass is 28.3. The Kier molecular flexibility index (Phi) is 3.94. The Labute approximate surface area is 92.9 Å². The van der Waals surface area contributed by atoms with Crippen molar-refractivity contribution in [3.05, 3.63) is 30.3 Å². The quantitative estimate of drug-likeness (QED) is 0.699. The Morgan fingerprint density at radius 2 is 2.07 bits per heavy atom. The Balaban J connectivity index is 1.98.